The molecule has 0 amide bonds. The summed E-state index contributed by atoms with van der Waals surface area (Å²) in [6.45, 7) is 2.12. The fourth-order valence-electron chi connectivity index (χ4n) is 2.35. The van der Waals surface area contributed by atoms with Crippen LogP contribution in [0.2, 0.25) is 0 Å². The smallest absolute Gasteiger partial charge is 0.240 e. The minimum Gasteiger partial charge on any atom is -0.508 e. The van der Waals surface area contributed by atoms with E-state index in [1.165, 1.54) is 24.3 Å². The Bertz CT molecular complexity index is 513. The molecule has 2 rings (SSSR count). The number of hydrogen-bond donors (Lipinski definition) is 2. The standard InChI is InChI=1S/C13H19NO3S2/c1-2-18-12-6-3-10(9-12)14-19(16,17)13-7-4-11(15)5-8-13/h4-5,7-8,10,12,14-15H,2-3,6,9H2,1H3. The second-order valence-electron chi connectivity index (χ2n) is 4.70. The van der Waals surface area contributed by atoms with E-state index in [4.69, 9.17) is 0 Å². The maximum Gasteiger partial charge on any atom is 0.240 e. The molecule has 6 heteroatoms. The molecule has 0 aromatic heterocycles. The van der Waals surface area contributed by atoms with Crippen molar-refractivity contribution in [3.05, 3.63) is 24.3 Å². The lowest BCUT2D eigenvalue weighted by Gasteiger charge is -2.13. The minimum atomic E-state index is -3.47. The Kier molecular flexibility index (Phi) is 4.76. The monoisotopic (exact) mass is 301 g/mol. The van der Waals surface area contributed by atoms with E-state index in [2.05, 4.69) is 11.6 Å². The zero-order valence-corrected chi connectivity index (χ0v) is 12.5. The Morgan fingerprint density at radius 1 is 1.32 bits per heavy atom. The van der Waals surface area contributed by atoms with Crippen molar-refractivity contribution in [2.24, 2.45) is 0 Å². The van der Waals surface area contributed by atoms with Gasteiger partial charge in [-0.15, -0.1) is 0 Å². The van der Waals surface area contributed by atoms with Crippen LogP contribution in [0.5, 0.6) is 5.75 Å². The molecule has 0 bridgehead atoms. The van der Waals surface area contributed by atoms with Gasteiger partial charge in [0, 0.05) is 11.3 Å². The number of aromatic hydroxyl groups is 1. The van der Waals surface area contributed by atoms with Gasteiger partial charge in [0.25, 0.3) is 0 Å². The van der Waals surface area contributed by atoms with Crippen LogP contribution in [0, 0.1) is 0 Å². The van der Waals surface area contributed by atoms with Crippen LogP contribution < -0.4 is 4.72 Å². The van der Waals surface area contributed by atoms with E-state index in [0.29, 0.717) is 5.25 Å². The number of hydrogen-bond acceptors (Lipinski definition) is 4. The third-order valence-corrected chi connectivity index (χ3v) is 6.03. The first-order chi connectivity index (χ1) is 9.01. The van der Waals surface area contributed by atoms with E-state index in [9.17, 15) is 13.5 Å². The summed E-state index contributed by atoms with van der Waals surface area (Å²) < 4.78 is 27.1. The average Bonchev–Trinajstić information content (AvgIpc) is 2.77. The van der Waals surface area contributed by atoms with E-state index in [1.807, 2.05) is 11.8 Å². The van der Waals surface area contributed by atoms with Crippen molar-refractivity contribution in [3.63, 3.8) is 0 Å². The first kappa shape index (κ1) is 14.7. The average molecular weight is 301 g/mol. The fourth-order valence-corrected chi connectivity index (χ4v) is 4.77. The minimum absolute atomic E-state index is 0.0304. The Hall–Kier alpha value is -0.720. The SMILES string of the molecule is CCSC1CCC(NS(=O)(=O)c2ccc(O)cc2)C1. The van der Waals surface area contributed by atoms with Gasteiger partial charge in [-0.2, -0.15) is 11.8 Å². The van der Waals surface area contributed by atoms with Crippen LogP contribution in [0.15, 0.2) is 29.2 Å². The van der Waals surface area contributed by atoms with Gasteiger partial charge in [0.15, 0.2) is 0 Å². The van der Waals surface area contributed by atoms with Crippen LogP contribution in [-0.2, 0) is 10.0 Å². The molecule has 2 N–H and O–H groups in total. The summed E-state index contributed by atoms with van der Waals surface area (Å²) in [5.41, 5.74) is 0. The molecular formula is C13H19NO3S2. The molecule has 4 nitrogen and oxygen atoms in total. The highest BCUT2D eigenvalue weighted by Gasteiger charge is 2.28. The van der Waals surface area contributed by atoms with Gasteiger partial charge in [0.05, 0.1) is 4.90 Å². The van der Waals surface area contributed by atoms with Crippen LogP contribution in [0.1, 0.15) is 26.2 Å². The molecule has 19 heavy (non-hydrogen) atoms. The first-order valence-corrected chi connectivity index (χ1v) is 8.97. The molecule has 1 aromatic carbocycles. The lowest BCUT2D eigenvalue weighted by molar-refractivity contribution is 0.474. The molecule has 0 spiro atoms. The van der Waals surface area contributed by atoms with E-state index < -0.39 is 10.0 Å². The van der Waals surface area contributed by atoms with Crippen molar-refractivity contribution in [2.75, 3.05) is 5.75 Å². The molecule has 0 heterocycles. The van der Waals surface area contributed by atoms with Crippen LogP contribution in [0.3, 0.4) is 0 Å². The zero-order chi connectivity index (χ0) is 13.9. The molecule has 0 aliphatic heterocycles. The predicted octanol–water partition coefficient (Wildman–Crippen LogP) is 2.34. The summed E-state index contributed by atoms with van der Waals surface area (Å²) in [6, 6.07) is 5.65. The Morgan fingerprint density at radius 2 is 2.00 bits per heavy atom. The molecular weight excluding hydrogens is 282 g/mol. The molecule has 1 aliphatic rings. The molecule has 0 radical (unpaired) electrons. The van der Waals surface area contributed by atoms with E-state index in [-0.39, 0.29) is 16.7 Å². The van der Waals surface area contributed by atoms with Gasteiger partial charge in [-0.3, -0.25) is 0 Å². The van der Waals surface area contributed by atoms with E-state index in [1.54, 1.807) is 0 Å². The van der Waals surface area contributed by atoms with Crippen molar-refractivity contribution in [1.29, 1.82) is 0 Å². The summed E-state index contributed by atoms with van der Waals surface area (Å²) in [7, 11) is -3.47. The Balaban J connectivity index is 2.00. The molecule has 1 fully saturated rings. The molecule has 1 saturated carbocycles. The van der Waals surface area contributed by atoms with Gasteiger partial charge in [0.1, 0.15) is 5.75 Å². The molecule has 2 unspecified atom stereocenters. The number of phenols is 1. The number of sulfonamides is 1. The summed E-state index contributed by atoms with van der Waals surface area (Å²) in [4.78, 5) is 0.205. The number of phenolic OH excluding ortho intramolecular Hbond substituents is 1. The van der Waals surface area contributed by atoms with E-state index in [0.717, 1.165) is 25.0 Å². The second kappa shape index (κ2) is 6.15. The Labute approximate surface area is 118 Å². The summed E-state index contributed by atoms with van der Waals surface area (Å²) in [5, 5.41) is 9.75. The van der Waals surface area contributed by atoms with Crippen molar-refractivity contribution in [1.82, 2.24) is 4.72 Å². The summed E-state index contributed by atoms with van der Waals surface area (Å²) in [5.74, 6) is 1.14. The number of nitrogens with one attached hydrogen (secondary N) is 1. The summed E-state index contributed by atoms with van der Waals surface area (Å²) in [6.07, 6.45) is 2.87. The highest BCUT2D eigenvalue weighted by Crippen LogP contribution is 2.30. The quantitative estimate of drug-likeness (QED) is 0.876. The van der Waals surface area contributed by atoms with Crippen molar-refractivity contribution >= 4 is 21.8 Å². The maximum atomic E-state index is 12.2. The lowest BCUT2D eigenvalue weighted by Crippen LogP contribution is -2.33. The van der Waals surface area contributed by atoms with Crippen molar-refractivity contribution < 1.29 is 13.5 Å². The molecule has 0 saturated heterocycles. The van der Waals surface area contributed by atoms with Crippen LogP contribution in [0.4, 0.5) is 0 Å². The van der Waals surface area contributed by atoms with Gasteiger partial charge >= 0.3 is 0 Å². The van der Waals surface area contributed by atoms with E-state index >= 15 is 0 Å². The van der Waals surface area contributed by atoms with Crippen molar-refractivity contribution in [2.45, 2.75) is 42.4 Å². The van der Waals surface area contributed by atoms with Gasteiger partial charge in [-0.1, -0.05) is 6.92 Å². The van der Waals surface area contributed by atoms with Gasteiger partial charge in [-0.25, -0.2) is 13.1 Å². The lowest BCUT2D eigenvalue weighted by atomic mass is 10.3. The molecule has 1 aliphatic carbocycles. The number of thioether (sulfide) groups is 1. The largest absolute Gasteiger partial charge is 0.508 e. The Morgan fingerprint density at radius 3 is 2.63 bits per heavy atom. The molecule has 2 atom stereocenters. The topological polar surface area (TPSA) is 66.4 Å². The number of rotatable bonds is 5. The highest BCUT2D eigenvalue weighted by molar-refractivity contribution is 7.99. The van der Waals surface area contributed by atoms with Crippen LogP contribution >= 0.6 is 11.8 Å². The fraction of sp³-hybridized carbons (Fsp3) is 0.538. The molecule has 106 valence electrons. The third-order valence-electron chi connectivity index (χ3n) is 3.26. The maximum absolute atomic E-state index is 12.2. The predicted molar refractivity (Wildman–Crippen MR) is 78.0 cm³/mol. The van der Waals surface area contributed by atoms with Crippen LogP contribution in [0.25, 0.3) is 0 Å². The summed E-state index contributed by atoms with van der Waals surface area (Å²) >= 11 is 1.90. The highest BCUT2D eigenvalue weighted by atomic mass is 32.2. The normalized spacial score (nSPS) is 23.6. The number of benzene rings is 1. The van der Waals surface area contributed by atoms with Gasteiger partial charge in [0.2, 0.25) is 10.0 Å². The molecule has 1 aromatic rings. The van der Waals surface area contributed by atoms with Gasteiger partial charge < -0.3 is 5.11 Å². The second-order valence-corrected chi connectivity index (χ2v) is 7.99. The van der Waals surface area contributed by atoms with Gasteiger partial charge in [-0.05, 0) is 49.3 Å². The van der Waals surface area contributed by atoms with Crippen molar-refractivity contribution in [3.8, 4) is 5.75 Å². The van der Waals surface area contributed by atoms with Crippen LogP contribution in [-0.4, -0.2) is 30.6 Å². The first-order valence-electron chi connectivity index (χ1n) is 6.44. The third kappa shape index (κ3) is 3.87. The zero-order valence-electron chi connectivity index (χ0n) is 10.9.